The molecule has 0 atom stereocenters. The number of pyridine rings is 1. The maximum Gasteiger partial charge on any atom is 0.416 e. The molecule has 0 aliphatic rings. The second-order valence-electron chi connectivity index (χ2n) is 7.65. The Morgan fingerprint density at radius 3 is 2.40 bits per heavy atom. The van der Waals surface area contributed by atoms with E-state index in [1.54, 1.807) is 39.1 Å². The first kappa shape index (κ1) is 21.4. The lowest BCUT2D eigenvalue weighted by Crippen LogP contribution is -2.32. The Balaban J connectivity index is 1.84. The molecule has 8 heteroatoms. The molecule has 0 spiro atoms. The zero-order valence-corrected chi connectivity index (χ0v) is 16.7. The maximum atomic E-state index is 12.8. The molecule has 1 heterocycles. The van der Waals surface area contributed by atoms with Gasteiger partial charge in [-0.25, -0.2) is 4.79 Å². The van der Waals surface area contributed by atoms with Crippen molar-refractivity contribution in [1.82, 2.24) is 10.3 Å². The van der Waals surface area contributed by atoms with Crippen LogP contribution in [-0.2, 0) is 17.5 Å². The van der Waals surface area contributed by atoms with Crippen LogP contribution in [0.25, 0.3) is 10.9 Å². The van der Waals surface area contributed by atoms with Gasteiger partial charge >= 0.3 is 12.3 Å². The Hall–Kier alpha value is -3.29. The molecule has 0 bridgehead atoms. The van der Waals surface area contributed by atoms with E-state index in [1.807, 2.05) is 12.1 Å². The lowest BCUT2D eigenvalue weighted by Gasteiger charge is -2.20. The predicted molar refractivity (Wildman–Crippen MR) is 106 cm³/mol. The SMILES string of the molecule is CC(C)(C)OC(=O)NCc1cc(Oc2ccc(C(F)(F)F)cc2)c2ncccc2c1. The van der Waals surface area contributed by atoms with Crippen molar-refractivity contribution in [3.63, 3.8) is 0 Å². The standard InChI is InChI=1S/C22H21F3N2O3/c1-21(2,3)30-20(28)27-13-14-11-15-5-4-10-26-19(15)18(12-14)29-17-8-6-16(7-9-17)22(23,24)25/h4-12H,13H2,1-3H3,(H,27,28). The highest BCUT2D eigenvalue weighted by atomic mass is 19.4. The fraction of sp³-hybridized carbons (Fsp3) is 0.273. The molecule has 0 saturated carbocycles. The number of carbonyl (C=O) groups is 1. The molecule has 2 aromatic carbocycles. The Morgan fingerprint density at radius 2 is 1.77 bits per heavy atom. The van der Waals surface area contributed by atoms with E-state index in [0.717, 1.165) is 23.1 Å². The Labute approximate surface area is 171 Å². The summed E-state index contributed by atoms with van der Waals surface area (Å²) >= 11 is 0. The van der Waals surface area contributed by atoms with E-state index in [2.05, 4.69) is 10.3 Å². The molecule has 1 aromatic heterocycles. The highest BCUT2D eigenvalue weighted by molar-refractivity contribution is 5.85. The lowest BCUT2D eigenvalue weighted by atomic mass is 10.1. The number of hydrogen-bond donors (Lipinski definition) is 1. The monoisotopic (exact) mass is 418 g/mol. The van der Waals surface area contributed by atoms with Crippen molar-refractivity contribution < 1.29 is 27.4 Å². The minimum atomic E-state index is -4.42. The van der Waals surface area contributed by atoms with Gasteiger partial charge in [-0.2, -0.15) is 13.2 Å². The highest BCUT2D eigenvalue weighted by Crippen LogP contribution is 2.33. The average molecular weight is 418 g/mol. The van der Waals surface area contributed by atoms with Crippen molar-refractivity contribution in [2.24, 2.45) is 0 Å². The van der Waals surface area contributed by atoms with Crippen LogP contribution >= 0.6 is 0 Å². The molecule has 0 aliphatic carbocycles. The van der Waals surface area contributed by atoms with Crippen LogP contribution < -0.4 is 10.1 Å². The summed E-state index contributed by atoms with van der Waals surface area (Å²) in [7, 11) is 0. The fourth-order valence-electron chi connectivity index (χ4n) is 2.73. The number of alkyl carbamates (subject to hydrolysis) is 1. The van der Waals surface area contributed by atoms with Crippen LogP contribution in [0, 0.1) is 0 Å². The molecular weight excluding hydrogens is 397 g/mol. The molecule has 5 nitrogen and oxygen atoms in total. The van der Waals surface area contributed by atoms with Gasteiger partial charge < -0.3 is 14.8 Å². The molecule has 0 fully saturated rings. The van der Waals surface area contributed by atoms with Crippen LogP contribution in [0.2, 0.25) is 0 Å². The zero-order valence-electron chi connectivity index (χ0n) is 16.7. The molecule has 158 valence electrons. The van der Waals surface area contributed by atoms with Gasteiger partial charge in [0.25, 0.3) is 0 Å². The van der Waals surface area contributed by atoms with Crippen molar-refractivity contribution in [3.8, 4) is 11.5 Å². The molecule has 1 N–H and O–H groups in total. The fourth-order valence-corrected chi connectivity index (χ4v) is 2.73. The molecule has 3 rings (SSSR count). The topological polar surface area (TPSA) is 60.5 Å². The zero-order chi connectivity index (χ0) is 21.9. The summed E-state index contributed by atoms with van der Waals surface area (Å²) in [4.78, 5) is 16.2. The number of amides is 1. The molecule has 30 heavy (non-hydrogen) atoms. The minimum Gasteiger partial charge on any atom is -0.455 e. The molecule has 0 radical (unpaired) electrons. The second-order valence-corrected chi connectivity index (χ2v) is 7.65. The number of fused-ring (bicyclic) bond motifs is 1. The van der Waals surface area contributed by atoms with Crippen LogP contribution in [0.1, 0.15) is 31.9 Å². The number of aromatic nitrogens is 1. The molecule has 0 aliphatic heterocycles. The van der Waals surface area contributed by atoms with Crippen LogP contribution in [0.5, 0.6) is 11.5 Å². The maximum absolute atomic E-state index is 12.8. The van der Waals surface area contributed by atoms with E-state index in [9.17, 15) is 18.0 Å². The lowest BCUT2D eigenvalue weighted by molar-refractivity contribution is -0.137. The number of nitrogens with one attached hydrogen (secondary N) is 1. The predicted octanol–water partition coefficient (Wildman–Crippen LogP) is 6.07. The van der Waals surface area contributed by atoms with E-state index < -0.39 is 23.4 Å². The van der Waals surface area contributed by atoms with E-state index in [4.69, 9.17) is 9.47 Å². The van der Waals surface area contributed by atoms with Gasteiger partial charge in [-0.1, -0.05) is 6.07 Å². The number of hydrogen-bond acceptors (Lipinski definition) is 4. The summed E-state index contributed by atoms with van der Waals surface area (Å²) < 4.78 is 49.3. The minimum absolute atomic E-state index is 0.184. The summed E-state index contributed by atoms with van der Waals surface area (Å²) in [6.45, 7) is 5.49. The van der Waals surface area contributed by atoms with Crippen LogP contribution in [0.15, 0.2) is 54.7 Å². The van der Waals surface area contributed by atoms with Gasteiger partial charge in [-0.05, 0) is 68.8 Å². The van der Waals surface area contributed by atoms with E-state index in [0.29, 0.717) is 11.3 Å². The highest BCUT2D eigenvalue weighted by Gasteiger charge is 2.30. The van der Waals surface area contributed by atoms with E-state index in [1.165, 1.54) is 12.1 Å². The second kappa shape index (κ2) is 8.22. The number of alkyl halides is 3. The van der Waals surface area contributed by atoms with Crippen molar-refractivity contribution in [2.75, 3.05) is 0 Å². The quantitative estimate of drug-likeness (QED) is 0.559. The number of rotatable bonds is 4. The third kappa shape index (κ3) is 5.62. The first-order valence-electron chi connectivity index (χ1n) is 9.21. The summed E-state index contributed by atoms with van der Waals surface area (Å²) in [5, 5.41) is 3.44. The number of nitrogens with zero attached hydrogens (tertiary/aromatic N) is 1. The summed E-state index contributed by atoms with van der Waals surface area (Å²) in [6, 6.07) is 11.5. The molecule has 1 amide bonds. The summed E-state index contributed by atoms with van der Waals surface area (Å²) in [5.74, 6) is 0.612. The van der Waals surface area contributed by atoms with Gasteiger partial charge in [0.1, 0.15) is 16.9 Å². The number of carbonyl (C=O) groups excluding carboxylic acids is 1. The first-order valence-corrected chi connectivity index (χ1v) is 9.21. The van der Waals surface area contributed by atoms with Crippen LogP contribution in [0.3, 0.4) is 0 Å². The van der Waals surface area contributed by atoms with E-state index >= 15 is 0 Å². The number of ether oxygens (including phenoxy) is 2. The number of halogens is 3. The normalized spacial score (nSPS) is 11.9. The Kier molecular flexibility index (Phi) is 5.87. The van der Waals surface area contributed by atoms with Crippen molar-refractivity contribution in [2.45, 2.75) is 39.1 Å². The van der Waals surface area contributed by atoms with Crippen molar-refractivity contribution in [3.05, 3.63) is 65.9 Å². The van der Waals surface area contributed by atoms with Gasteiger partial charge in [0.2, 0.25) is 0 Å². The van der Waals surface area contributed by atoms with E-state index in [-0.39, 0.29) is 12.3 Å². The third-order valence-corrected chi connectivity index (χ3v) is 3.97. The number of benzene rings is 2. The van der Waals surface area contributed by atoms with Gasteiger partial charge in [0.05, 0.1) is 5.56 Å². The first-order chi connectivity index (χ1) is 14.0. The van der Waals surface area contributed by atoms with Gasteiger partial charge in [-0.15, -0.1) is 0 Å². The van der Waals surface area contributed by atoms with Gasteiger partial charge in [0.15, 0.2) is 5.75 Å². The molecule has 3 aromatic rings. The smallest absolute Gasteiger partial charge is 0.416 e. The van der Waals surface area contributed by atoms with Gasteiger partial charge in [0, 0.05) is 18.1 Å². The molecule has 0 saturated heterocycles. The summed E-state index contributed by atoms with van der Waals surface area (Å²) in [6.07, 6.45) is -3.38. The van der Waals surface area contributed by atoms with Crippen molar-refractivity contribution >= 4 is 17.0 Å². The van der Waals surface area contributed by atoms with Gasteiger partial charge in [-0.3, -0.25) is 4.98 Å². The van der Waals surface area contributed by atoms with Crippen LogP contribution in [0.4, 0.5) is 18.0 Å². The largest absolute Gasteiger partial charge is 0.455 e. The molecular formula is C22H21F3N2O3. The third-order valence-electron chi connectivity index (χ3n) is 3.97. The Bertz CT molecular complexity index is 1040. The molecule has 0 unspecified atom stereocenters. The summed E-state index contributed by atoms with van der Waals surface area (Å²) in [5.41, 5.74) is -0.0938. The van der Waals surface area contributed by atoms with Crippen molar-refractivity contribution in [1.29, 1.82) is 0 Å². The average Bonchev–Trinajstić information content (AvgIpc) is 2.65. The Morgan fingerprint density at radius 1 is 1.07 bits per heavy atom. The van der Waals surface area contributed by atoms with Crippen LogP contribution in [-0.4, -0.2) is 16.7 Å².